The number of hydrazone groups is 1. The van der Waals surface area contributed by atoms with Crippen LogP contribution in [0.5, 0.6) is 11.5 Å². The molecule has 0 fully saturated rings. The summed E-state index contributed by atoms with van der Waals surface area (Å²) in [4.78, 5) is 35.8. The van der Waals surface area contributed by atoms with Crippen LogP contribution in [0.25, 0.3) is 6.08 Å². The van der Waals surface area contributed by atoms with Gasteiger partial charge >= 0.3 is 0 Å². The third-order valence-corrected chi connectivity index (χ3v) is 5.20. The topological polar surface area (TPSA) is 143 Å². The maximum atomic E-state index is 12.8. The van der Waals surface area contributed by atoms with Crippen molar-refractivity contribution in [1.29, 1.82) is 0 Å². The smallest absolute Gasteiger partial charge is 0.287 e. The van der Waals surface area contributed by atoms with E-state index in [1.54, 1.807) is 36.4 Å². The molecule has 0 heterocycles. The number of aromatic hydroxyl groups is 1. The van der Waals surface area contributed by atoms with Gasteiger partial charge < -0.3 is 15.2 Å². The van der Waals surface area contributed by atoms with E-state index in [-0.39, 0.29) is 22.9 Å². The van der Waals surface area contributed by atoms with Gasteiger partial charge in [-0.3, -0.25) is 19.7 Å². The maximum absolute atomic E-state index is 12.8. The third kappa shape index (κ3) is 6.74. The number of phenolic OH excluding ortho intramolecular Hbond substituents is 1. The van der Waals surface area contributed by atoms with Crippen LogP contribution in [0.1, 0.15) is 21.5 Å². The number of amides is 2. The molecule has 178 valence electrons. The molecule has 11 heteroatoms. The molecule has 0 aliphatic heterocycles. The Hall–Kier alpha value is -4.51. The first-order valence-electron chi connectivity index (χ1n) is 10.0. The maximum Gasteiger partial charge on any atom is 0.287 e. The summed E-state index contributed by atoms with van der Waals surface area (Å²) in [6.45, 7) is 0. The minimum Gasteiger partial charge on any atom is -0.503 e. The summed E-state index contributed by atoms with van der Waals surface area (Å²) < 4.78 is 5.45. The molecule has 0 saturated carbocycles. The standard InChI is InChI=1S/C24H19BrN4O6/c1-35-21-13-16(11-19(25)22(21)30)14-26-28-24(32)20(27-23(31)17-5-3-2-4-6-17)12-15-7-9-18(10-8-15)29(33)34/h2-14,30H,1H3,(H,27,31)(H,28,32)/b20-12-,26-14-. The molecule has 3 rings (SSSR count). The summed E-state index contributed by atoms with van der Waals surface area (Å²) in [5.74, 6) is -1.12. The van der Waals surface area contributed by atoms with Gasteiger partial charge in [0, 0.05) is 17.7 Å². The number of nitro groups is 1. The van der Waals surface area contributed by atoms with E-state index in [2.05, 4.69) is 31.8 Å². The van der Waals surface area contributed by atoms with E-state index in [1.165, 1.54) is 49.7 Å². The lowest BCUT2D eigenvalue weighted by Gasteiger charge is -2.09. The Morgan fingerprint density at radius 1 is 1.09 bits per heavy atom. The number of hydrogen-bond acceptors (Lipinski definition) is 7. The minimum atomic E-state index is -0.728. The molecule has 0 atom stereocenters. The molecular formula is C24H19BrN4O6. The average Bonchev–Trinajstić information content (AvgIpc) is 2.86. The van der Waals surface area contributed by atoms with Crippen LogP contribution in [-0.4, -0.2) is 35.2 Å². The van der Waals surface area contributed by atoms with Crippen LogP contribution in [0.15, 0.2) is 82.0 Å². The number of phenols is 1. The van der Waals surface area contributed by atoms with Gasteiger partial charge in [0.25, 0.3) is 17.5 Å². The van der Waals surface area contributed by atoms with Crippen molar-refractivity contribution < 1.29 is 24.4 Å². The van der Waals surface area contributed by atoms with Crippen LogP contribution in [0.2, 0.25) is 0 Å². The number of rotatable bonds is 8. The van der Waals surface area contributed by atoms with Gasteiger partial charge in [0.15, 0.2) is 11.5 Å². The Morgan fingerprint density at radius 2 is 1.77 bits per heavy atom. The first-order valence-corrected chi connectivity index (χ1v) is 10.8. The Kier molecular flexibility index (Phi) is 8.30. The zero-order valence-corrected chi connectivity index (χ0v) is 19.9. The number of non-ortho nitro benzene ring substituents is 1. The molecule has 0 saturated heterocycles. The quantitative estimate of drug-likeness (QED) is 0.171. The Balaban J connectivity index is 1.84. The van der Waals surface area contributed by atoms with Gasteiger partial charge in [0.1, 0.15) is 5.70 Å². The Bertz CT molecular complexity index is 1310. The van der Waals surface area contributed by atoms with Crippen LogP contribution < -0.4 is 15.5 Å². The van der Waals surface area contributed by atoms with E-state index in [1.807, 2.05) is 0 Å². The summed E-state index contributed by atoms with van der Waals surface area (Å²) in [5, 5.41) is 27.2. The molecular weight excluding hydrogens is 520 g/mol. The molecule has 10 nitrogen and oxygen atoms in total. The molecule has 0 spiro atoms. The van der Waals surface area contributed by atoms with Crippen LogP contribution in [0, 0.1) is 10.1 Å². The number of ether oxygens (including phenoxy) is 1. The molecule has 0 unspecified atom stereocenters. The van der Waals surface area contributed by atoms with Crippen LogP contribution >= 0.6 is 15.9 Å². The van der Waals surface area contributed by atoms with Crippen molar-refractivity contribution in [2.24, 2.45) is 5.10 Å². The van der Waals surface area contributed by atoms with Crippen LogP contribution in [0.3, 0.4) is 0 Å². The fraction of sp³-hybridized carbons (Fsp3) is 0.0417. The van der Waals surface area contributed by atoms with Gasteiger partial charge in [-0.05, 0) is 69.5 Å². The van der Waals surface area contributed by atoms with E-state index in [4.69, 9.17) is 4.74 Å². The van der Waals surface area contributed by atoms with E-state index in [0.717, 1.165) is 0 Å². The number of hydrogen-bond donors (Lipinski definition) is 3. The lowest BCUT2D eigenvalue weighted by molar-refractivity contribution is -0.384. The highest BCUT2D eigenvalue weighted by atomic mass is 79.9. The summed E-state index contributed by atoms with van der Waals surface area (Å²) >= 11 is 3.20. The number of benzene rings is 3. The van der Waals surface area contributed by atoms with Gasteiger partial charge in [-0.2, -0.15) is 5.10 Å². The van der Waals surface area contributed by atoms with E-state index >= 15 is 0 Å². The predicted molar refractivity (Wildman–Crippen MR) is 133 cm³/mol. The summed E-state index contributed by atoms with van der Waals surface area (Å²) in [5.41, 5.74) is 3.39. The van der Waals surface area contributed by atoms with Crippen molar-refractivity contribution in [1.82, 2.24) is 10.7 Å². The highest BCUT2D eigenvalue weighted by molar-refractivity contribution is 9.10. The highest BCUT2D eigenvalue weighted by Gasteiger charge is 2.15. The monoisotopic (exact) mass is 538 g/mol. The minimum absolute atomic E-state index is 0.0781. The molecule has 0 aliphatic rings. The molecule has 0 radical (unpaired) electrons. The molecule has 3 aromatic carbocycles. The van der Waals surface area contributed by atoms with Gasteiger partial charge in [0.2, 0.25) is 0 Å². The Labute approximate surface area is 208 Å². The number of nitrogens with one attached hydrogen (secondary N) is 2. The fourth-order valence-corrected chi connectivity index (χ4v) is 3.31. The molecule has 0 aliphatic carbocycles. The number of carbonyl (C=O) groups excluding carboxylic acids is 2. The molecule has 0 aromatic heterocycles. The lowest BCUT2D eigenvalue weighted by Crippen LogP contribution is -2.32. The van der Waals surface area contributed by atoms with Gasteiger partial charge in [-0.15, -0.1) is 0 Å². The summed E-state index contributed by atoms with van der Waals surface area (Å²) in [6, 6.07) is 16.8. The van der Waals surface area contributed by atoms with E-state index < -0.39 is 16.7 Å². The van der Waals surface area contributed by atoms with E-state index in [0.29, 0.717) is 21.2 Å². The summed E-state index contributed by atoms with van der Waals surface area (Å²) in [6.07, 6.45) is 2.70. The predicted octanol–water partition coefficient (Wildman–Crippen LogP) is 3.99. The highest BCUT2D eigenvalue weighted by Crippen LogP contribution is 2.34. The zero-order valence-electron chi connectivity index (χ0n) is 18.3. The molecule has 35 heavy (non-hydrogen) atoms. The number of nitrogens with zero attached hydrogens (tertiary/aromatic N) is 2. The molecule has 2 amide bonds. The van der Waals surface area contributed by atoms with Gasteiger partial charge in [0.05, 0.1) is 22.7 Å². The normalized spacial score (nSPS) is 11.2. The second-order valence-electron chi connectivity index (χ2n) is 6.98. The second kappa shape index (κ2) is 11.6. The Morgan fingerprint density at radius 3 is 2.40 bits per heavy atom. The third-order valence-electron chi connectivity index (χ3n) is 4.59. The first kappa shape index (κ1) is 25.1. The van der Waals surface area contributed by atoms with Crippen LogP contribution in [-0.2, 0) is 4.79 Å². The average molecular weight is 539 g/mol. The molecule has 3 N–H and O–H groups in total. The van der Waals surface area contributed by atoms with Crippen molar-refractivity contribution in [2.75, 3.05) is 7.11 Å². The second-order valence-corrected chi connectivity index (χ2v) is 7.83. The van der Waals surface area contributed by atoms with Crippen molar-refractivity contribution in [3.8, 4) is 11.5 Å². The number of methoxy groups -OCH3 is 1. The number of carbonyl (C=O) groups is 2. The van der Waals surface area contributed by atoms with E-state index in [9.17, 15) is 24.8 Å². The lowest BCUT2D eigenvalue weighted by atomic mass is 10.1. The molecule has 3 aromatic rings. The van der Waals surface area contributed by atoms with Crippen molar-refractivity contribution in [3.05, 3.63) is 104 Å². The van der Waals surface area contributed by atoms with Crippen LogP contribution in [0.4, 0.5) is 5.69 Å². The zero-order chi connectivity index (χ0) is 25.4. The fourth-order valence-electron chi connectivity index (χ4n) is 2.85. The van der Waals surface area contributed by atoms with Crippen molar-refractivity contribution in [2.45, 2.75) is 0 Å². The van der Waals surface area contributed by atoms with Crippen molar-refractivity contribution >= 4 is 45.7 Å². The van der Waals surface area contributed by atoms with Crippen molar-refractivity contribution in [3.63, 3.8) is 0 Å². The first-order chi connectivity index (χ1) is 16.8. The largest absolute Gasteiger partial charge is 0.503 e. The van der Waals surface area contributed by atoms with Gasteiger partial charge in [-0.1, -0.05) is 18.2 Å². The molecule has 0 bridgehead atoms. The summed E-state index contributed by atoms with van der Waals surface area (Å²) in [7, 11) is 1.40. The number of nitro benzene ring substituents is 1. The SMILES string of the molecule is COc1cc(/C=N\NC(=O)/C(=C/c2ccc([N+](=O)[O-])cc2)NC(=O)c2ccccc2)cc(Br)c1O. The number of halogens is 1. The van der Waals surface area contributed by atoms with Gasteiger partial charge in [-0.25, -0.2) is 5.43 Å².